The first-order valence-electron chi connectivity index (χ1n) is 8.92. The number of rotatable bonds is 4. The average Bonchev–Trinajstić information content (AvgIpc) is 2.64. The number of likely N-dealkylation sites (tertiary alicyclic amines) is 1. The number of nitrogens with zero attached hydrogens (tertiary/aromatic N) is 1. The third kappa shape index (κ3) is 5.44. The predicted molar refractivity (Wildman–Crippen MR) is 95.4 cm³/mol. The summed E-state index contributed by atoms with van der Waals surface area (Å²) in [4.78, 5) is 26.2. The minimum absolute atomic E-state index is 0.0511. The lowest BCUT2D eigenvalue weighted by Crippen LogP contribution is -2.49. The van der Waals surface area contributed by atoms with Gasteiger partial charge in [0.1, 0.15) is 0 Å². The van der Waals surface area contributed by atoms with Gasteiger partial charge in [-0.2, -0.15) is 0 Å². The smallest absolute Gasteiger partial charge is 0.321 e. The number of carbonyl (C=O) groups excluding carboxylic acids is 2. The first kappa shape index (κ1) is 17.7. The van der Waals surface area contributed by atoms with E-state index in [1.165, 1.54) is 0 Å². The maximum absolute atomic E-state index is 12.3. The summed E-state index contributed by atoms with van der Waals surface area (Å²) in [5.41, 5.74) is 0.796. The Hall–Kier alpha value is -2.12. The molecule has 2 heterocycles. The quantitative estimate of drug-likeness (QED) is 0.764. The zero-order chi connectivity index (χ0) is 17.5. The van der Waals surface area contributed by atoms with Crippen LogP contribution in [-0.2, 0) is 9.53 Å². The van der Waals surface area contributed by atoms with Crippen molar-refractivity contribution >= 4 is 17.6 Å². The Kier molecular flexibility index (Phi) is 6.25. The van der Waals surface area contributed by atoms with E-state index < -0.39 is 0 Å². The molecule has 1 aromatic carbocycles. The highest BCUT2D eigenvalue weighted by molar-refractivity contribution is 5.89. The van der Waals surface area contributed by atoms with Gasteiger partial charge in [-0.05, 0) is 25.0 Å². The van der Waals surface area contributed by atoms with Crippen LogP contribution in [-0.4, -0.2) is 61.8 Å². The number of ether oxygens (including phenoxy) is 1. The Morgan fingerprint density at radius 3 is 2.64 bits per heavy atom. The Balaban J connectivity index is 1.37. The van der Waals surface area contributed by atoms with E-state index in [9.17, 15) is 9.59 Å². The molecule has 7 heteroatoms. The molecule has 2 fully saturated rings. The fourth-order valence-electron chi connectivity index (χ4n) is 3.21. The molecule has 2 saturated heterocycles. The predicted octanol–water partition coefficient (Wildman–Crippen LogP) is 1.18. The second-order valence-corrected chi connectivity index (χ2v) is 6.56. The molecule has 0 aliphatic carbocycles. The third-order valence-electron chi connectivity index (χ3n) is 4.60. The van der Waals surface area contributed by atoms with E-state index in [1.807, 2.05) is 30.3 Å². The first-order chi connectivity index (χ1) is 12.2. The second kappa shape index (κ2) is 8.82. The molecule has 0 bridgehead atoms. The fourth-order valence-corrected chi connectivity index (χ4v) is 3.21. The summed E-state index contributed by atoms with van der Waals surface area (Å²) in [6.07, 6.45) is 2.00. The molecule has 0 saturated carbocycles. The lowest BCUT2D eigenvalue weighted by Gasteiger charge is -2.33. The van der Waals surface area contributed by atoms with Crippen LogP contribution in [0.25, 0.3) is 0 Å². The van der Waals surface area contributed by atoms with Gasteiger partial charge < -0.3 is 25.6 Å². The number of nitrogens with one attached hydrogen (secondary N) is 3. The molecular formula is C18H26N4O3. The molecular weight excluding hydrogens is 320 g/mol. The Bertz CT molecular complexity index is 567. The Labute approximate surface area is 148 Å². The molecule has 3 N–H and O–H groups in total. The fraction of sp³-hybridized carbons (Fsp3) is 0.556. The summed E-state index contributed by atoms with van der Waals surface area (Å²) in [5, 5.41) is 9.27. The number of hydrogen-bond acceptors (Lipinski definition) is 4. The van der Waals surface area contributed by atoms with Gasteiger partial charge in [0.15, 0.2) is 0 Å². The van der Waals surface area contributed by atoms with Gasteiger partial charge in [0.25, 0.3) is 0 Å². The molecule has 0 radical (unpaired) electrons. The van der Waals surface area contributed by atoms with Crippen molar-refractivity contribution in [1.29, 1.82) is 0 Å². The molecule has 0 spiro atoms. The van der Waals surface area contributed by atoms with Gasteiger partial charge in [-0.3, -0.25) is 4.79 Å². The van der Waals surface area contributed by atoms with E-state index in [4.69, 9.17) is 4.74 Å². The van der Waals surface area contributed by atoms with Gasteiger partial charge in [-0.25, -0.2) is 4.79 Å². The lowest BCUT2D eigenvalue weighted by atomic mass is 10.0. The van der Waals surface area contributed by atoms with E-state index in [-0.39, 0.29) is 24.0 Å². The van der Waals surface area contributed by atoms with E-state index in [0.717, 1.165) is 25.1 Å². The first-order valence-corrected chi connectivity index (χ1v) is 8.92. The largest absolute Gasteiger partial charge is 0.378 e. The van der Waals surface area contributed by atoms with Crippen molar-refractivity contribution in [3.05, 3.63) is 30.3 Å². The number of carbonyl (C=O) groups is 2. The lowest BCUT2D eigenvalue weighted by molar-refractivity contribution is -0.123. The molecule has 1 aromatic rings. The molecule has 3 rings (SSSR count). The van der Waals surface area contributed by atoms with Crippen LogP contribution in [0.15, 0.2) is 30.3 Å². The van der Waals surface area contributed by atoms with Crippen molar-refractivity contribution < 1.29 is 14.3 Å². The Morgan fingerprint density at radius 2 is 1.96 bits per heavy atom. The number of amides is 3. The van der Waals surface area contributed by atoms with Gasteiger partial charge >= 0.3 is 6.03 Å². The van der Waals surface area contributed by atoms with Crippen LogP contribution in [0.2, 0.25) is 0 Å². The molecule has 25 heavy (non-hydrogen) atoms. The summed E-state index contributed by atoms with van der Waals surface area (Å²) in [6, 6.07) is 9.59. The molecule has 1 atom stereocenters. The molecule has 2 aliphatic heterocycles. The monoisotopic (exact) mass is 346 g/mol. The van der Waals surface area contributed by atoms with Crippen molar-refractivity contribution in [1.82, 2.24) is 15.5 Å². The maximum Gasteiger partial charge on any atom is 0.321 e. The topological polar surface area (TPSA) is 82.7 Å². The number of anilines is 1. The normalized spacial score (nSPS) is 21.6. The molecule has 1 unspecified atom stereocenters. The molecule has 136 valence electrons. The molecule has 2 aliphatic rings. The third-order valence-corrected chi connectivity index (χ3v) is 4.60. The number of urea groups is 1. The molecule has 7 nitrogen and oxygen atoms in total. The summed E-state index contributed by atoms with van der Waals surface area (Å²) < 4.78 is 5.37. The number of hydrogen-bond donors (Lipinski definition) is 3. The zero-order valence-electron chi connectivity index (χ0n) is 14.4. The van der Waals surface area contributed by atoms with Crippen molar-refractivity contribution in [3.63, 3.8) is 0 Å². The SMILES string of the molecule is O=C(CC1COCCN1)NC1CCN(C(=O)Nc2ccccc2)CC1. The van der Waals surface area contributed by atoms with E-state index >= 15 is 0 Å². The van der Waals surface area contributed by atoms with Crippen molar-refractivity contribution in [3.8, 4) is 0 Å². The van der Waals surface area contributed by atoms with E-state index in [0.29, 0.717) is 32.7 Å². The van der Waals surface area contributed by atoms with Crippen LogP contribution in [0, 0.1) is 0 Å². The van der Waals surface area contributed by atoms with Crippen LogP contribution in [0.4, 0.5) is 10.5 Å². The van der Waals surface area contributed by atoms with Gasteiger partial charge in [0.05, 0.1) is 13.2 Å². The maximum atomic E-state index is 12.3. The average molecular weight is 346 g/mol. The number of morpholine rings is 1. The van der Waals surface area contributed by atoms with Crippen LogP contribution in [0.3, 0.4) is 0 Å². The van der Waals surface area contributed by atoms with Crippen molar-refractivity contribution in [2.75, 3.05) is 38.2 Å². The van der Waals surface area contributed by atoms with Gasteiger partial charge in [-0.1, -0.05) is 18.2 Å². The second-order valence-electron chi connectivity index (χ2n) is 6.56. The summed E-state index contributed by atoms with van der Waals surface area (Å²) in [7, 11) is 0. The summed E-state index contributed by atoms with van der Waals surface area (Å²) in [6.45, 7) is 3.39. The van der Waals surface area contributed by atoms with Gasteiger partial charge in [-0.15, -0.1) is 0 Å². The number of piperidine rings is 1. The highest BCUT2D eigenvalue weighted by atomic mass is 16.5. The summed E-state index contributed by atoms with van der Waals surface area (Å²) in [5.74, 6) is 0.0511. The van der Waals surface area contributed by atoms with Gasteiger partial charge in [0, 0.05) is 43.8 Å². The van der Waals surface area contributed by atoms with E-state index in [1.54, 1.807) is 4.90 Å². The van der Waals surface area contributed by atoms with Crippen molar-refractivity contribution in [2.45, 2.75) is 31.3 Å². The van der Waals surface area contributed by atoms with Crippen LogP contribution < -0.4 is 16.0 Å². The molecule has 0 aromatic heterocycles. The Morgan fingerprint density at radius 1 is 1.20 bits per heavy atom. The molecule has 3 amide bonds. The van der Waals surface area contributed by atoms with Crippen LogP contribution in [0.1, 0.15) is 19.3 Å². The van der Waals surface area contributed by atoms with E-state index in [2.05, 4.69) is 16.0 Å². The standard InChI is InChI=1S/C18H26N4O3/c23-17(12-16-13-25-11-8-19-16)20-15-6-9-22(10-7-15)18(24)21-14-4-2-1-3-5-14/h1-5,15-16,19H,6-13H2,(H,20,23)(H,21,24). The van der Waals surface area contributed by atoms with Gasteiger partial charge in [0.2, 0.25) is 5.91 Å². The number of benzene rings is 1. The number of para-hydroxylation sites is 1. The summed E-state index contributed by atoms with van der Waals surface area (Å²) >= 11 is 0. The van der Waals surface area contributed by atoms with Crippen LogP contribution >= 0.6 is 0 Å². The highest BCUT2D eigenvalue weighted by Gasteiger charge is 2.25. The minimum atomic E-state index is -0.0838. The zero-order valence-corrected chi connectivity index (χ0v) is 14.4. The van der Waals surface area contributed by atoms with Crippen LogP contribution in [0.5, 0.6) is 0 Å². The van der Waals surface area contributed by atoms with Crippen molar-refractivity contribution in [2.24, 2.45) is 0 Å². The highest BCUT2D eigenvalue weighted by Crippen LogP contribution is 2.13. The minimum Gasteiger partial charge on any atom is -0.378 e.